The number of methoxy groups -OCH3 is 1. The molecule has 1 unspecified atom stereocenters. The largest absolute Gasteiger partial charge is 0.480 e. The van der Waals surface area contributed by atoms with Crippen LogP contribution in [0.1, 0.15) is 11.6 Å². The van der Waals surface area contributed by atoms with Gasteiger partial charge in [-0.25, -0.2) is 13.5 Å². The van der Waals surface area contributed by atoms with Crippen LogP contribution < -0.4 is 15.6 Å². The SMILES string of the molecule is CNC(Cn1nc(OC)ccc1=O)c1cccc(F)c1F. The highest BCUT2D eigenvalue weighted by Crippen LogP contribution is 2.20. The van der Waals surface area contributed by atoms with Crippen LogP contribution in [-0.4, -0.2) is 23.9 Å². The Bertz CT molecular complexity index is 688. The van der Waals surface area contributed by atoms with E-state index in [-0.39, 0.29) is 23.5 Å². The molecule has 0 amide bonds. The summed E-state index contributed by atoms with van der Waals surface area (Å²) in [4.78, 5) is 11.8. The first-order valence-corrected chi connectivity index (χ1v) is 6.30. The predicted molar refractivity (Wildman–Crippen MR) is 73.2 cm³/mol. The summed E-state index contributed by atoms with van der Waals surface area (Å²) in [7, 11) is 3.03. The summed E-state index contributed by atoms with van der Waals surface area (Å²) in [6.07, 6.45) is 0. The van der Waals surface area contributed by atoms with Gasteiger partial charge in [0.1, 0.15) is 0 Å². The topological polar surface area (TPSA) is 56.1 Å². The minimum atomic E-state index is -0.937. The number of hydrogen-bond donors (Lipinski definition) is 1. The van der Waals surface area contributed by atoms with E-state index in [4.69, 9.17) is 4.74 Å². The van der Waals surface area contributed by atoms with Crippen molar-refractivity contribution in [3.8, 4) is 5.88 Å². The van der Waals surface area contributed by atoms with E-state index in [0.717, 1.165) is 10.7 Å². The molecular formula is C14H15F2N3O2. The lowest BCUT2D eigenvalue weighted by Gasteiger charge is -2.18. The Hall–Kier alpha value is -2.28. The summed E-state index contributed by atoms with van der Waals surface area (Å²) in [5.74, 6) is -1.60. The van der Waals surface area contributed by atoms with Crippen LogP contribution in [0.25, 0.3) is 0 Å². The standard InChI is InChI=1S/C14H15F2N3O2/c1-17-11(9-4-3-5-10(15)14(9)16)8-19-13(20)7-6-12(18-19)21-2/h3-7,11,17H,8H2,1-2H3. The van der Waals surface area contributed by atoms with Crippen molar-refractivity contribution in [2.45, 2.75) is 12.6 Å². The van der Waals surface area contributed by atoms with E-state index in [1.54, 1.807) is 7.05 Å². The molecule has 1 atom stereocenters. The van der Waals surface area contributed by atoms with Crippen LogP contribution in [0, 0.1) is 11.6 Å². The number of halogens is 2. The van der Waals surface area contributed by atoms with Crippen molar-refractivity contribution < 1.29 is 13.5 Å². The lowest BCUT2D eigenvalue weighted by Crippen LogP contribution is -2.30. The van der Waals surface area contributed by atoms with Crippen molar-refractivity contribution in [3.05, 3.63) is 57.9 Å². The first kappa shape index (κ1) is 15.1. The van der Waals surface area contributed by atoms with Gasteiger partial charge in [0.25, 0.3) is 5.56 Å². The smallest absolute Gasteiger partial charge is 0.267 e. The number of benzene rings is 1. The zero-order valence-electron chi connectivity index (χ0n) is 11.6. The van der Waals surface area contributed by atoms with Crippen LogP contribution in [0.3, 0.4) is 0 Å². The van der Waals surface area contributed by atoms with Gasteiger partial charge in [-0.2, -0.15) is 0 Å². The van der Waals surface area contributed by atoms with E-state index in [9.17, 15) is 13.6 Å². The molecule has 0 bridgehead atoms. The molecule has 1 aromatic heterocycles. The average Bonchev–Trinajstić information content (AvgIpc) is 2.49. The van der Waals surface area contributed by atoms with Crippen LogP contribution in [0.15, 0.2) is 35.1 Å². The fourth-order valence-electron chi connectivity index (χ4n) is 1.98. The third-order valence-corrected chi connectivity index (χ3v) is 3.11. The van der Waals surface area contributed by atoms with Crippen molar-refractivity contribution >= 4 is 0 Å². The minimum Gasteiger partial charge on any atom is -0.480 e. The first-order chi connectivity index (χ1) is 10.1. The second-order valence-electron chi connectivity index (χ2n) is 4.38. The van der Waals surface area contributed by atoms with E-state index >= 15 is 0 Å². The fourth-order valence-corrected chi connectivity index (χ4v) is 1.98. The second kappa shape index (κ2) is 6.45. The number of aromatic nitrogens is 2. The molecule has 21 heavy (non-hydrogen) atoms. The summed E-state index contributed by atoms with van der Waals surface area (Å²) < 4.78 is 33.2. The predicted octanol–water partition coefficient (Wildman–Crippen LogP) is 1.49. The maximum absolute atomic E-state index is 13.8. The molecule has 2 aromatic rings. The van der Waals surface area contributed by atoms with E-state index in [1.165, 1.54) is 31.4 Å². The Morgan fingerprint density at radius 3 is 2.76 bits per heavy atom. The van der Waals surface area contributed by atoms with Crippen molar-refractivity contribution in [2.24, 2.45) is 0 Å². The lowest BCUT2D eigenvalue weighted by atomic mass is 10.1. The van der Waals surface area contributed by atoms with Crippen LogP contribution in [0.4, 0.5) is 8.78 Å². The van der Waals surface area contributed by atoms with Gasteiger partial charge in [0.05, 0.1) is 19.7 Å². The Morgan fingerprint density at radius 1 is 1.33 bits per heavy atom. The van der Waals surface area contributed by atoms with E-state index < -0.39 is 17.7 Å². The molecule has 0 fully saturated rings. The highest BCUT2D eigenvalue weighted by Gasteiger charge is 2.18. The minimum absolute atomic E-state index is 0.0485. The van der Waals surface area contributed by atoms with Gasteiger partial charge < -0.3 is 10.1 Å². The third kappa shape index (κ3) is 3.25. The van der Waals surface area contributed by atoms with Crippen LogP contribution in [-0.2, 0) is 6.54 Å². The molecule has 0 saturated heterocycles. The maximum Gasteiger partial charge on any atom is 0.267 e. The third-order valence-electron chi connectivity index (χ3n) is 3.11. The molecule has 0 aliphatic carbocycles. The van der Waals surface area contributed by atoms with Crippen LogP contribution in [0.2, 0.25) is 0 Å². The summed E-state index contributed by atoms with van der Waals surface area (Å²) in [6.45, 7) is 0.0485. The molecule has 0 aliphatic heterocycles. The molecule has 1 N–H and O–H groups in total. The lowest BCUT2D eigenvalue weighted by molar-refractivity contribution is 0.360. The number of nitrogens with one attached hydrogen (secondary N) is 1. The summed E-state index contributed by atoms with van der Waals surface area (Å²) in [5.41, 5.74) is -0.220. The molecule has 1 aromatic carbocycles. The quantitative estimate of drug-likeness (QED) is 0.908. The Labute approximate surface area is 120 Å². The Balaban J connectivity index is 2.35. The van der Waals surface area contributed by atoms with Gasteiger partial charge in [-0.05, 0) is 13.1 Å². The number of rotatable bonds is 5. The highest BCUT2D eigenvalue weighted by atomic mass is 19.2. The highest BCUT2D eigenvalue weighted by molar-refractivity contribution is 5.22. The first-order valence-electron chi connectivity index (χ1n) is 6.30. The number of ether oxygens (including phenoxy) is 1. The second-order valence-corrected chi connectivity index (χ2v) is 4.38. The molecule has 0 aliphatic rings. The number of nitrogens with zero attached hydrogens (tertiary/aromatic N) is 2. The summed E-state index contributed by atoms with van der Waals surface area (Å²) in [6, 6.07) is 6.07. The normalized spacial score (nSPS) is 12.2. The van der Waals surface area contributed by atoms with Gasteiger partial charge in [0.15, 0.2) is 11.6 Å². The van der Waals surface area contributed by atoms with E-state index in [2.05, 4.69) is 10.4 Å². The monoisotopic (exact) mass is 295 g/mol. The molecule has 0 radical (unpaired) electrons. The number of likely N-dealkylation sites (N-methyl/N-ethyl adjacent to an activating group) is 1. The van der Waals surface area contributed by atoms with Gasteiger partial charge in [0.2, 0.25) is 5.88 Å². The van der Waals surface area contributed by atoms with Gasteiger partial charge >= 0.3 is 0 Å². The number of hydrogen-bond acceptors (Lipinski definition) is 4. The van der Waals surface area contributed by atoms with Gasteiger partial charge in [-0.3, -0.25) is 4.79 Å². The van der Waals surface area contributed by atoms with Crippen molar-refractivity contribution in [3.63, 3.8) is 0 Å². The molecule has 1 heterocycles. The molecule has 0 spiro atoms. The average molecular weight is 295 g/mol. The fraction of sp³-hybridized carbons (Fsp3) is 0.286. The summed E-state index contributed by atoms with van der Waals surface area (Å²) in [5, 5.41) is 6.83. The Kier molecular flexibility index (Phi) is 4.64. The van der Waals surface area contributed by atoms with Gasteiger partial charge in [0, 0.05) is 17.7 Å². The molecule has 0 saturated carbocycles. The van der Waals surface area contributed by atoms with Crippen molar-refractivity contribution in [2.75, 3.05) is 14.2 Å². The molecule has 112 valence electrons. The van der Waals surface area contributed by atoms with E-state index in [1.807, 2.05) is 0 Å². The van der Waals surface area contributed by atoms with Crippen LogP contribution in [0.5, 0.6) is 5.88 Å². The molecular weight excluding hydrogens is 280 g/mol. The van der Waals surface area contributed by atoms with Crippen molar-refractivity contribution in [1.82, 2.24) is 15.1 Å². The van der Waals surface area contributed by atoms with Crippen molar-refractivity contribution in [1.29, 1.82) is 0 Å². The molecule has 2 rings (SSSR count). The van der Waals surface area contributed by atoms with Gasteiger partial charge in [-0.1, -0.05) is 12.1 Å². The molecule has 7 heteroatoms. The Morgan fingerprint density at radius 2 is 2.10 bits per heavy atom. The zero-order chi connectivity index (χ0) is 15.4. The van der Waals surface area contributed by atoms with E-state index in [0.29, 0.717) is 0 Å². The molecule has 5 nitrogen and oxygen atoms in total. The van der Waals surface area contributed by atoms with Crippen LogP contribution >= 0.6 is 0 Å². The summed E-state index contributed by atoms with van der Waals surface area (Å²) >= 11 is 0. The maximum atomic E-state index is 13.8. The van der Waals surface area contributed by atoms with Gasteiger partial charge in [-0.15, -0.1) is 5.10 Å². The zero-order valence-corrected chi connectivity index (χ0v) is 11.6.